The molecule has 1 aromatic carbocycles. The molecular formula is C19H12BrFN4O5S2. The molecule has 0 saturated carbocycles. The number of rotatable bonds is 4. The Morgan fingerprint density at radius 3 is 2.59 bits per heavy atom. The third-order valence-electron chi connectivity index (χ3n) is 4.24. The van der Waals surface area contributed by atoms with Gasteiger partial charge in [-0.05, 0) is 41.8 Å². The number of nitrogens with one attached hydrogen (secondary N) is 2. The maximum atomic E-state index is 13.1. The van der Waals surface area contributed by atoms with Crippen LogP contribution >= 0.6 is 27.3 Å². The second-order valence-electron chi connectivity index (χ2n) is 6.40. The van der Waals surface area contributed by atoms with Crippen molar-refractivity contribution in [1.82, 2.24) is 14.3 Å². The zero-order chi connectivity index (χ0) is 23.0. The monoisotopic (exact) mass is 538 g/mol. The van der Waals surface area contributed by atoms with Crippen LogP contribution in [-0.2, 0) is 10.0 Å². The van der Waals surface area contributed by atoms with E-state index in [9.17, 15) is 27.5 Å². The summed E-state index contributed by atoms with van der Waals surface area (Å²) in [6.45, 7) is 0. The first kappa shape index (κ1) is 21.9. The minimum absolute atomic E-state index is 0.0852. The minimum Gasteiger partial charge on any atom is -0.494 e. The molecule has 3 aromatic heterocycles. The van der Waals surface area contributed by atoms with E-state index in [-0.39, 0.29) is 21.6 Å². The number of carbonyl (C=O) groups excluding carboxylic acids is 1. The lowest BCUT2D eigenvalue weighted by molar-refractivity contribution is 0.256. The van der Waals surface area contributed by atoms with Crippen LogP contribution in [0.2, 0.25) is 0 Å². The van der Waals surface area contributed by atoms with Crippen LogP contribution < -0.4 is 15.6 Å². The summed E-state index contributed by atoms with van der Waals surface area (Å²) in [5, 5.41) is 13.1. The van der Waals surface area contributed by atoms with Gasteiger partial charge in [-0.3, -0.25) is 4.79 Å². The van der Waals surface area contributed by atoms with E-state index in [2.05, 4.69) is 26.2 Å². The second-order valence-corrected chi connectivity index (χ2v) is 10.3. The minimum atomic E-state index is -4.23. The molecule has 0 aliphatic heterocycles. The SMILES string of the molecule is O=C(Nc1ccc(-n2c(O)c3cc(Br)ccc3cc2=O)nc1)NS(=O)(=O)c1ccc(F)s1. The Labute approximate surface area is 192 Å². The average Bonchev–Trinajstić information content (AvgIpc) is 3.17. The van der Waals surface area contributed by atoms with Crippen molar-refractivity contribution in [3.05, 3.63) is 74.7 Å². The number of halogens is 2. The number of fused-ring (bicyclic) bond motifs is 1. The van der Waals surface area contributed by atoms with E-state index < -0.39 is 26.7 Å². The molecular weight excluding hydrogens is 527 g/mol. The Morgan fingerprint density at radius 2 is 1.94 bits per heavy atom. The second kappa shape index (κ2) is 8.33. The number of hydrogen-bond acceptors (Lipinski definition) is 7. The topological polar surface area (TPSA) is 130 Å². The van der Waals surface area contributed by atoms with Crippen molar-refractivity contribution in [3.8, 4) is 11.7 Å². The lowest BCUT2D eigenvalue weighted by atomic mass is 10.1. The fourth-order valence-corrected chi connectivity index (χ4v) is 5.13. The van der Waals surface area contributed by atoms with Crippen molar-refractivity contribution >= 4 is 59.8 Å². The van der Waals surface area contributed by atoms with Gasteiger partial charge in [-0.15, -0.1) is 0 Å². The molecule has 0 bridgehead atoms. The number of urea groups is 1. The van der Waals surface area contributed by atoms with E-state index in [4.69, 9.17) is 0 Å². The summed E-state index contributed by atoms with van der Waals surface area (Å²) in [6.07, 6.45) is 1.18. The lowest BCUT2D eigenvalue weighted by Crippen LogP contribution is -2.34. The molecule has 0 aliphatic carbocycles. The first-order chi connectivity index (χ1) is 15.1. The molecule has 2 amide bonds. The van der Waals surface area contributed by atoms with Crippen LogP contribution in [0.3, 0.4) is 0 Å². The van der Waals surface area contributed by atoms with Crippen LogP contribution in [-0.4, -0.2) is 29.1 Å². The summed E-state index contributed by atoms with van der Waals surface area (Å²) in [5.74, 6) is -0.226. The molecule has 0 aliphatic rings. The van der Waals surface area contributed by atoms with Gasteiger partial charge >= 0.3 is 6.03 Å². The molecule has 0 atom stereocenters. The summed E-state index contributed by atoms with van der Waals surface area (Å²) in [7, 11) is -4.23. The maximum Gasteiger partial charge on any atom is 0.333 e. The zero-order valence-electron chi connectivity index (χ0n) is 15.7. The first-order valence-corrected chi connectivity index (χ1v) is 11.8. The number of nitrogens with zero attached hydrogens (tertiary/aromatic N) is 2. The number of sulfonamides is 1. The van der Waals surface area contributed by atoms with E-state index >= 15 is 0 Å². The predicted molar refractivity (Wildman–Crippen MR) is 120 cm³/mol. The Balaban J connectivity index is 1.56. The molecule has 164 valence electrons. The van der Waals surface area contributed by atoms with Gasteiger partial charge in [0.15, 0.2) is 5.13 Å². The highest BCUT2D eigenvalue weighted by atomic mass is 79.9. The third kappa shape index (κ3) is 4.35. The van der Waals surface area contributed by atoms with Crippen molar-refractivity contribution in [2.75, 3.05) is 5.32 Å². The number of hydrogen-bond donors (Lipinski definition) is 3. The largest absolute Gasteiger partial charge is 0.494 e. The smallest absolute Gasteiger partial charge is 0.333 e. The summed E-state index contributed by atoms with van der Waals surface area (Å²) in [4.78, 5) is 28.6. The van der Waals surface area contributed by atoms with Gasteiger partial charge in [0.2, 0.25) is 5.88 Å². The van der Waals surface area contributed by atoms with Gasteiger partial charge < -0.3 is 10.4 Å². The molecule has 9 nitrogen and oxygen atoms in total. The number of amides is 2. The number of benzene rings is 1. The van der Waals surface area contributed by atoms with E-state index in [1.54, 1.807) is 22.9 Å². The van der Waals surface area contributed by atoms with Gasteiger partial charge in [0.1, 0.15) is 10.0 Å². The molecule has 0 radical (unpaired) electrons. The van der Waals surface area contributed by atoms with Crippen LogP contribution in [0, 0.1) is 5.13 Å². The normalized spacial score (nSPS) is 11.4. The molecule has 3 heterocycles. The van der Waals surface area contributed by atoms with Crippen molar-refractivity contribution in [3.63, 3.8) is 0 Å². The fraction of sp³-hybridized carbons (Fsp3) is 0. The fourth-order valence-electron chi connectivity index (χ4n) is 2.86. The third-order valence-corrected chi connectivity index (χ3v) is 7.43. The molecule has 3 N–H and O–H groups in total. The average molecular weight is 539 g/mol. The van der Waals surface area contributed by atoms with E-state index in [0.29, 0.717) is 26.6 Å². The summed E-state index contributed by atoms with van der Waals surface area (Å²) in [6, 6.07) is 10.1. The zero-order valence-corrected chi connectivity index (χ0v) is 19.0. The van der Waals surface area contributed by atoms with Gasteiger partial charge in [0.25, 0.3) is 15.6 Å². The van der Waals surface area contributed by atoms with Crippen molar-refractivity contribution < 1.29 is 22.7 Å². The van der Waals surface area contributed by atoms with Crippen LogP contribution in [0.4, 0.5) is 14.9 Å². The Kier molecular flexibility index (Phi) is 5.71. The van der Waals surface area contributed by atoms with E-state index in [1.165, 1.54) is 24.4 Å². The quantitative estimate of drug-likeness (QED) is 0.364. The van der Waals surface area contributed by atoms with Gasteiger partial charge in [0.05, 0.1) is 11.9 Å². The van der Waals surface area contributed by atoms with Crippen molar-refractivity contribution in [2.24, 2.45) is 0 Å². The number of aromatic nitrogens is 2. The van der Waals surface area contributed by atoms with E-state index in [1.807, 2.05) is 0 Å². The van der Waals surface area contributed by atoms with Crippen molar-refractivity contribution in [1.29, 1.82) is 0 Å². The van der Waals surface area contributed by atoms with Crippen LogP contribution in [0.25, 0.3) is 16.6 Å². The Bertz CT molecular complexity index is 1520. The van der Waals surface area contributed by atoms with E-state index in [0.717, 1.165) is 16.7 Å². The number of aromatic hydroxyl groups is 1. The number of carbonyl (C=O) groups is 1. The summed E-state index contributed by atoms with van der Waals surface area (Å²) < 4.78 is 40.3. The van der Waals surface area contributed by atoms with Crippen LogP contribution in [0.5, 0.6) is 5.88 Å². The first-order valence-electron chi connectivity index (χ1n) is 8.74. The molecule has 0 fully saturated rings. The highest BCUT2D eigenvalue weighted by molar-refractivity contribution is 9.10. The van der Waals surface area contributed by atoms with Gasteiger partial charge in [-0.1, -0.05) is 33.3 Å². The Morgan fingerprint density at radius 1 is 1.16 bits per heavy atom. The van der Waals surface area contributed by atoms with Gasteiger partial charge in [0, 0.05) is 15.9 Å². The molecule has 4 aromatic rings. The van der Waals surface area contributed by atoms with Crippen molar-refractivity contribution in [2.45, 2.75) is 4.21 Å². The molecule has 32 heavy (non-hydrogen) atoms. The number of anilines is 1. The number of thiophene rings is 1. The predicted octanol–water partition coefficient (Wildman–Crippen LogP) is 3.56. The molecule has 13 heteroatoms. The highest BCUT2D eigenvalue weighted by Gasteiger charge is 2.20. The summed E-state index contributed by atoms with van der Waals surface area (Å²) in [5.41, 5.74) is -0.396. The van der Waals surface area contributed by atoms with Gasteiger partial charge in [-0.25, -0.2) is 27.5 Å². The molecule has 0 spiro atoms. The van der Waals surface area contributed by atoms with Gasteiger partial charge in [-0.2, -0.15) is 4.39 Å². The Hall–Kier alpha value is -3.29. The lowest BCUT2D eigenvalue weighted by Gasteiger charge is -2.11. The van der Waals surface area contributed by atoms with Crippen LogP contribution in [0.15, 0.2) is 68.2 Å². The molecule has 0 unspecified atom stereocenters. The molecule has 4 rings (SSSR count). The van der Waals surface area contributed by atoms with Crippen LogP contribution in [0.1, 0.15) is 0 Å². The molecule has 0 saturated heterocycles. The summed E-state index contributed by atoms with van der Waals surface area (Å²) >= 11 is 3.69. The maximum absolute atomic E-state index is 13.1. The number of pyridine rings is 2. The highest BCUT2D eigenvalue weighted by Crippen LogP contribution is 2.27. The standard InChI is InChI=1S/C19H12BrFN4O5S2/c20-11-2-1-10-7-16(26)25(18(27)13(10)8-11)15-5-3-12(9-22-15)23-19(28)24-32(29,30)17-6-4-14(21)31-17/h1-9,27H,(H2,23,24,28).